The number of piperidine rings is 1. The minimum Gasteiger partial charge on any atom is -0.481 e. The molecular formula is C31H35ClFNO6. The molecule has 0 N–H and O–H groups in total. The summed E-state index contributed by atoms with van der Waals surface area (Å²) in [5.41, 5.74) is 0.638. The Labute approximate surface area is 238 Å². The van der Waals surface area contributed by atoms with Crippen molar-refractivity contribution in [1.82, 2.24) is 4.90 Å². The van der Waals surface area contributed by atoms with Crippen molar-refractivity contribution in [3.05, 3.63) is 63.7 Å². The molecule has 1 aliphatic rings. The average molecular weight is 572 g/mol. The van der Waals surface area contributed by atoms with E-state index in [0.717, 1.165) is 19.3 Å². The fourth-order valence-electron chi connectivity index (χ4n) is 5.02. The summed E-state index contributed by atoms with van der Waals surface area (Å²) in [6.07, 6.45) is 5.98. The lowest BCUT2D eigenvalue weighted by molar-refractivity contribution is -0.153. The number of carbonyl (C=O) groups is 2. The van der Waals surface area contributed by atoms with Crippen LogP contribution in [0.2, 0.25) is 5.02 Å². The Hall–Kier alpha value is -3.39. The van der Waals surface area contributed by atoms with Gasteiger partial charge < -0.3 is 18.8 Å². The van der Waals surface area contributed by atoms with Crippen molar-refractivity contribution in [2.24, 2.45) is 5.92 Å². The Morgan fingerprint density at radius 2 is 1.90 bits per heavy atom. The molecule has 1 saturated heterocycles. The lowest BCUT2D eigenvalue weighted by Gasteiger charge is -2.33. The van der Waals surface area contributed by atoms with E-state index in [0.29, 0.717) is 54.8 Å². The molecule has 9 heteroatoms. The highest BCUT2D eigenvalue weighted by Crippen LogP contribution is 2.34. The van der Waals surface area contributed by atoms with Crippen molar-refractivity contribution in [2.45, 2.75) is 64.9 Å². The van der Waals surface area contributed by atoms with Gasteiger partial charge in [0.1, 0.15) is 17.1 Å². The molecule has 1 fully saturated rings. The van der Waals surface area contributed by atoms with Gasteiger partial charge in [-0.1, -0.05) is 44.2 Å². The highest BCUT2D eigenvalue weighted by atomic mass is 35.5. The fraction of sp³-hybridized carbons (Fsp3) is 0.452. The summed E-state index contributed by atoms with van der Waals surface area (Å²) >= 11 is 6.24. The zero-order chi connectivity index (χ0) is 28.6. The van der Waals surface area contributed by atoms with Gasteiger partial charge in [0.05, 0.1) is 17.5 Å². The van der Waals surface area contributed by atoms with Crippen LogP contribution in [-0.2, 0) is 14.3 Å². The predicted octanol–water partition coefficient (Wildman–Crippen LogP) is 6.77. The highest BCUT2D eigenvalue weighted by Gasteiger charge is 2.32. The molecule has 0 spiro atoms. The van der Waals surface area contributed by atoms with Crippen molar-refractivity contribution < 1.29 is 27.9 Å². The van der Waals surface area contributed by atoms with Crippen LogP contribution in [0.15, 0.2) is 51.7 Å². The van der Waals surface area contributed by atoms with Gasteiger partial charge in [-0.2, -0.15) is 0 Å². The quantitative estimate of drug-likeness (QED) is 0.143. The van der Waals surface area contributed by atoms with E-state index in [-0.39, 0.29) is 28.4 Å². The van der Waals surface area contributed by atoms with Gasteiger partial charge in [-0.25, -0.2) is 9.18 Å². The molecule has 0 aliphatic carbocycles. The van der Waals surface area contributed by atoms with Gasteiger partial charge in [-0.3, -0.25) is 9.59 Å². The largest absolute Gasteiger partial charge is 0.481 e. The molecule has 2 heterocycles. The van der Waals surface area contributed by atoms with Gasteiger partial charge in [-0.05, 0) is 56.5 Å². The number of unbranched alkanes of at least 4 members (excludes halogenated alkanes) is 4. The third-order valence-electron chi connectivity index (χ3n) is 7.16. The number of fused-ring (bicyclic) bond motifs is 1. The molecule has 0 radical (unpaired) electrons. The maximum atomic E-state index is 13.6. The van der Waals surface area contributed by atoms with Crippen LogP contribution in [0.3, 0.4) is 0 Å². The molecule has 7 nitrogen and oxygen atoms in total. The van der Waals surface area contributed by atoms with E-state index in [9.17, 15) is 18.8 Å². The Bertz CT molecular complexity index is 1410. The summed E-state index contributed by atoms with van der Waals surface area (Å²) in [6.45, 7) is 5.07. The molecule has 4 rings (SSSR count). The lowest BCUT2D eigenvalue weighted by Crippen LogP contribution is -2.47. The maximum absolute atomic E-state index is 13.6. The van der Waals surface area contributed by atoms with Gasteiger partial charge in [0.2, 0.25) is 0 Å². The topological polar surface area (TPSA) is 86.0 Å². The smallest absolute Gasteiger partial charge is 0.336 e. The molecule has 40 heavy (non-hydrogen) atoms. The minimum absolute atomic E-state index is 0.169. The van der Waals surface area contributed by atoms with E-state index in [2.05, 4.69) is 6.92 Å². The molecule has 0 saturated carbocycles. The molecule has 0 bridgehead atoms. The van der Waals surface area contributed by atoms with Crippen molar-refractivity contribution in [3.63, 3.8) is 0 Å². The summed E-state index contributed by atoms with van der Waals surface area (Å²) in [6, 6.07) is 10.2. The molecule has 2 atom stereocenters. The summed E-state index contributed by atoms with van der Waals surface area (Å²) in [5.74, 6) is -0.958. The number of likely N-dealkylation sites (tertiary alicyclic amines) is 1. The van der Waals surface area contributed by atoms with Crippen LogP contribution in [0, 0.1) is 11.7 Å². The summed E-state index contributed by atoms with van der Waals surface area (Å²) in [7, 11) is 0. The van der Waals surface area contributed by atoms with E-state index < -0.39 is 17.5 Å². The number of hydrogen-bond donors (Lipinski definition) is 0. The molecule has 2 aromatic carbocycles. The summed E-state index contributed by atoms with van der Waals surface area (Å²) in [5, 5.41) is 0.754. The van der Waals surface area contributed by atoms with Gasteiger partial charge in [-0.15, -0.1) is 0 Å². The van der Waals surface area contributed by atoms with Gasteiger partial charge in [0.15, 0.2) is 6.10 Å². The van der Waals surface area contributed by atoms with Crippen molar-refractivity contribution in [1.29, 1.82) is 0 Å². The number of rotatable bonds is 11. The van der Waals surface area contributed by atoms with Crippen LogP contribution in [0.5, 0.6) is 5.75 Å². The standard InChI is InChI=1S/C31H35ClFNO6/c1-3-4-5-6-7-15-38-31(37)21-9-8-14-34(19-21)30(36)20(2)39-23-11-13-25-26(18-29(35)40-28(25)17-23)24-12-10-22(33)16-27(24)32/h10-13,16-18,20-21H,3-9,14-15,19H2,1-2H3/t20?,21-/m0/s1. The molecule has 214 valence electrons. The molecular weight excluding hydrogens is 537 g/mol. The molecule has 1 amide bonds. The van der Waals surface area contributed by atoms with Crippen LogP contribution < -0.4 is 10.4 Å². The Kier molecular flexibility index (Phi) is 10.2. The summed E-state index contributed by atoms with van der Waals surface area (Å²) < 4.78 is 30.3. The number of carbonyl (C=O) groups excluding carboxylic acids is 2. The van der Waals surface area contributed by atoms with Crippen LogP contribution in [0.4, 0.5) is 4.39 Å². The molecule has 1 aliphatic heterocycles. The third-order valence-corrected chi connectivity index (χ3v) is 7.47. The average Bonchev–Trinajstić information content (AvgIpc) is 2.94. The molecule has 1 aromatic heterocycles. The number of esters is 1. The van der Waals surface area contributed by atoms with Gasteiger partial charge >= 0.3 is 11.6 Å². The second kappa shape index (κ2) is 13.8. The first-order valence-corrected chi connectivity index (χ1v) is 14.3. The zero-order valence-corrected chi connectivity index (χ0v) is 23.7. The molecule has 3 aromatic rings. The first kappa shape index (κ1) is 29.6. The van der Waals surface area contributed by atoms with Crippen molar-refractivity contribution in [3.8, 4) is 16.9 Å². The fourth-order valence-corrected chi connectivity index (χ4v) is 5.29. The van der Waals surface area contributed by atoms with Crippen molar-refractivity contribution >= 4 is 34.4 Å². The molecule has 1 unspecified atom stereocenters. The zero-order valence-electron chi connectivity index (χ0n) is 22.9. The minimum atomic E-state index is -0.827. The van der Waals surface area contributed by atoms with E-state index in [4.69, 9.17) is 25.5 Å². The normalized spacial score (nSPS) is 16.1. The van der Waals surface area contributed by atoms with E-state index in [1.54, 1.807) is 30.0 Å². The lowest BCUT2D eigenvalue weighted by atomic mass is 9.98. The Balaban J connectivity index is 1.39. The third kappa shape index (κ3) is 7.42. The SMILES string of the molecule is CCCCCCCOC(=O)[C@H]1CCCN(C(=O)C(C)Oc2ccc3c(-c4ccc(F)cc4Cl)cc(=O)oc3c2)C1. The maximum Gasteiger partial charge on any atom is 0.336 e. The van der Waals surface area contributed by atoms with Crippen LogP contribution in [0.1, 0.15) is 58.8 Å². The van der Waals surface area contributed by atoms with Gasteiger partial charge in [0.25, 0.3) is 5.91 Å². The number of halogens is 2. The number of nitrogens with zero attached hydrogens (tertiary/aromatic N) is 1. The van der Waals surface area contributed by atoms with E-state index in [1.807, 2.05) is 0 Å². The number of hydrogen-bond acceptors (Lipinski definition) is 6. The van der Waals surface area contributed by atoms with Crippen LogP contribution in [0.25, 0.3) is 22.1 Å². The first-order chi connectivity index (χ1) is 19.3. The van der Waals surface area contributed by atoms with E-state index >= 15 is 0 Å². The first-order valence-electron chi connectivity index (χ1n) is 13.9. The van der Waals surface area contributed by atoms with Crippen molar-refractivity contribution in [2.75, 3.05) is 19.7 Å². The van der Waals surface area contributed by atoms with Crippen LogP contribution >= 0.6 is 11.6 Å². The Morgan fingerprint density at radius 1 is 1.10 bits per heavy atom. The Morgan fingerprint density at radius 3 is 2.67 bits per heavy atom. The summed E-state index contributed by atoms with van der Waals surface area (Å²) in [4.78, 5) is 39.7. The van der Waals surface area contributed by atoms with Gasteiger partial charge in [0, 0.05) is 41.7 Å². The number of amides is 1. The second-order valence-corrected chi connectivity index (χ2v) is 10.6. The second-order valence-electron chi connectivity index (χ2n) is 10.2. The van der Waals surface area contributed by atoms with E-state index in [1.165, 1.54) is 37.1 Å². The monoisotopic (exact) mass is 571 g/mol. The number of benzene rings is 2. The van der Waals surface area contributed by atoms with Crippen LogP contribution in [-0.4, -0.2) is 42.6 Å². The number of ether oxygens (including phenoxy) is 2. The highest BCUT2D eigenvalue weighted by molar-refractivity contribution is 6.33. The predicted molar refractivity (Wildman–Crippen MR) is 152 cm³/mol.